The van der Waals surface area contributed by atoms with Crippen molar-refractivity contribution in [2.45, 2.75) is 52.4 Å². The standard InChI is InChI=1S/C13H25NO/c1-4-11(5-2)10-12-8-6-7-9-14-13(12)15-3/h11-12H,4-10H2,1-3H3. The second-order valence-electron chi connectivity index (χ2n) is 4.54. The molecule has 1 aliphatic rings. The lowest BCUT2D eigenvalue weighted by molar-refractivity contribution is 0.320. The molecule has 0 N–H and O–H groups in total. The molecule has 0 aromatic heterocycles. The molecule has 0 fully saturated rings. The predicted molar refractivity (Wildman–Crippen MR) is 65.3 cm³/mol. The van der Waals surface area contributed by atoms with Gasteiger partial charge in [0.25, 0.3) is 0 Å². The van der Waals surface area contributed by atoms with Gasteiger partial charge >= 0.3 is 0 Å². The van der Waals surface area contributed by atoms with E-state index in [1.54, 1.807) is 7.11 Å². The van der Waals surface area contributed by atoms with Gasteiger partial charge in [-0.15, -0.1) is 0 Å². The van der Waals surface area contributed by atoms with E-state index in [1.807, 2.05) is 0 Å². The Morgan fingerprint density at radius 1 is 1.33 bits per heavy atom. The second-order valence-corrected chi connectivity index (χ2v) is 4.54. The monoisotopic (exact) mass is 211 g/mol. The molecule has 0 spiro atoms. The van der Waals surface area contributed by atoms with Crippen molar-refractivity contribution < 1.29 is 4.74 Å². The maximum absolute atomic E-state index is 5.42. The van der Waals surface area contributed by atoms with E-state index in [4.69, 9.17) is 4.74 Å². The van der Waals surface area contributed by atoms with Gasteiger partial charge in [-0.25, -0.2) is 0 Å². The van der Waals surface area contributed by atoms with Crippen molar-refractivity contribution in [3.05, 3.63) is 0 Å². The predicted octanol–water partition coefficient (Wildman–Crippen LogP) is 3.66. The zero-order chi connectivity index (χ0) is 11.1. The zero-order valence-corrected chi connectivity index (χ0v) is 10.5. The molecular weight excluding hydrogens is 186 g/mol. The molecule has 0 bridgehead atoms. The Kier molecular flexibility index (Phi) is 5.74. The number of hydrogen-bond donors (Lipinski definition) is 0. The minimum absolute atomic E-state index is 0.586. The van der Waals surface area contributed by atoms with Crippen LogP contribution in [0, 0.1) is 11.8 Å². The van der Waals surface area contributed by atoms with Gasteiger partial charge in [0.2, 0.25) is 0 Å². The fourth-order valence-corrected chi connectivity index (χ4v) is 2.42. The lowest BCUT2D eigenvalue weighted by Gasteiger charge is -2.21. The summed E-state index contributed by atoms with van der Waals surface area (Å²) in [7, 11) is 1.77. The lowest BCUT2D eigenvalue weighted by atomic mass is 9.88. The second kappa shape index (κ2) is 6.86. The molecule has 0 saturated heterocycles. The van der Waals surface area contributed by atoms with Gasteiger partial charge in [-0.1, -0.05) is 33.1 Å². The van der Waals surface area contributed by atoms with Crippen LogP contribution in [0.3, 0.4) is 0 Å². The number of hydrogen-bond acceptors (Lipinski definition) is 2. The molecule has 1 aliphatic heterocycles. The quantitative estimate of drug-likeness (QED) is 0.695. The average Bonchev–Trinajstić information content (AvgIpc) is 2.50. The Morgan fingerprint density at radius 3 is 2.67 bits per heavy atom. The zero-order valence-electron chi connectivity index (χ0n) is 10.5. The van der Waals surface area contributed by atoms with E-state index < -0.39 is 0 Å². The van der Waals surface area contributed by atoms with Crippen LogP contribution in [-0.2, 0) is 4.74 Å². The molecule has 0 aliphatic carbocycles. The summed E-state index contributed by atoms with van der Waals surface area (Å²) < 4.78 is 5.42. The van der Waals surface area contributed by atoms with Crippen LogP contribution < -0.4 is 0 Å². The summed E-state index contributed by atoms with van der Waals surface area (Å²) in [5.41, 5.74) is 0. The van der Waals surface area contributed by atoms with Gasteiger partial charge < -0.3 is 4.74 Å². The largest absolute Gasteiger partial charge is 0.484 e. The molecule has 0 amide bonds. The maximum atomic E-state index is 5.42. The fourth-order valence-electron chi connectivity index (χ4n) is 2.42. The third kappa shape index (κ3) is 3.84. The molecule has 15 heavy (non-hydrogen) atoms. The summed E-state index contributed by atoms with van der Waals surface area (Å²) in [4.78, 5) is 4.54. The van der Waals surface area contributed by atoms with Crippen LogP contribution in [-0.4, -0.2) is 19.6 Å². The van der Waals surface area contributed by atoms with Gasteiger partial charge in [-0.3, -0.25) is 4.99 Å². The lowest BCUT2D eigenvalue weighted by Crippen LogP contribution is -2.19. The molecule has 2 nitrogen and oxygen atoms in total. The van der Waals surface area contributed by atoms with E-state index in [0.29, 0.717) is 5.92 Å². The first-order valence-corrected chi connectivity index (χ1v) is 6.40. The average molecular weight is 211 g/mol. The van der Waals surface area contributed by atoms with Gasteiger partial charge in [-0.2, -0.15) is 0 Å². The van der Waals surface area contributed by atoms with Crippen molar-refractivity contribution >= 4 is 5.90 Å². The summed E-state index contributed by atoms with van der Waals surface area (Å²) in [6, 6.07) is 0. The number of methoxy groups -OCH3 is 1. The molecule has 1 rings (SSSR count). The number of nitrogens with zero attached hydrogens (tertiary/aromatic N) is 1. The van der Waals surface area contributed by atoms with Crippen LogP contribution in [0.2, 0.25) is 0 Å². The minimum atomic E-state index is 0.586. The Morgan fingerprint density at radius 2 is 2.07 bits per heavy atom. The molecule has 0 aromatic rings. The van der Waals surface area contributed by atoms with E-state index in [9.17, 15) is 0 Å². The van der Waals surface area contributed by atoms with Crippen molar-refractivity contribution in [1.29, 1.82) is 0 Å². The van der Waals surface area contributed by atoms with Crippen LogP contribution in [0.1, 0.15) is 52.4 Å². The summed E-state index contributed by atoms with van der Waals surface area (Å²) in [5, 5.41) is 0. The first-order chi connectivity index (χ1) is 7.31. The first-order valence-electron chi connectivity index (χ1n) is 6.40. The van der Waals surface area contributed by atoms with Crippen molar-refractivity contribution in [2.24, 2.45) is 16.8 Å². The SMILES string of the molecule is CCC(CC)CC1CCCCN=C1OC. The van der Waals surface area contributed by atoms with Crippen LogP contribution in [0.25, 0.3) is 0 Å². The van der Waals surface area contributed by atoms with Crippen molar-refractivity contribution in [3.63, 3.8) is 0 Å². The van der Waals surface area contributed by atoms with Crippen LogP contribution in [0.4, 0.5) is 0 Å². The summed E-state index contributed by atoms with van der Waals surface area (Å²) >= 11 is 0. The molecule has 0 radical (unpaired) electrons. The Balaban J connectivity index is 2.55. The number of ether oxygens (including phenoxy) is 1. The third-order valence-corrected chi connectivity index (χ3v) is 3.56. The molecule has 88 valence electrons. The van der Waals surface area contributed by atoms with Crippen molar-refractivity contribution in [3.8, 4) is 0 Å². The highest BCUT2D eigenvalue weighted by Crippen LogP contribution is 2.26. The molecule has 1 heterocycles. The van der Waals surface area contributed by atoms with Crippen LogP contribution in [0.15, 0.2) is 4.99 Å². The minimum Gasteiger partial charge on any atom is -0.484 e. The molecule has 1 unspecified atom stereocenters. The van der Waals surface area contributed by atoms with Gasteiger partial charge in [0.15, 0.2) is 5.90 Å². The van der Waals surface area contributed by atoms with Gasteiger partial charge in [0, 0.05) is 12.5 Å². The van der Waals surface area contributed by atoms with E-state index in [-0.39, 0.29) is 0 Å². The molecule has 2 heteroatoms. The van der Waals surface area contributed by atoms with Crippen molar-refractivity contribution in [1.82, 2.24) is 0 Å². The van der Waals surface area contributed by atoms with Gasteiger partial charge in [-0.05, 0) is 25.2 Å². The fraction of sp³-hybridized carbons (Fsp3) is 0.923. The van der Waals surface area contributed by atoms with Crippen LogP contribution >= 0.6 is 0 Å². The topological polar surface area (TPSA) is 21.6 Å². The van der Waals surface area contributed by atoms with E-state index in [0.717, 1.165) is 18.4 Å². The van der Waals surface area contributed by atoms with Gasteiger partial charge in [0.1, 0.15) is 0 Å². The molecule has 0 saturated carbocycles. The molecular formula is C13H25NO. The highest BCUT2D eigenvalue weighted by molar-refractivity contribution is 5.78. The Hall–Kier alpha value is -0.530. The van der Waals surface area contributed by atoms with E-state index in [2.05, 4.69) is 18.8 Å². The molecule has 1 atom stereocenters. The highest BCUT2D eigenvalue weighted by Gasteiger charge is 2.21. The summed E-state index contributed by atoms with van der Waals surface area (Å²) in [6.07, 6.45) is 7.63. The highest BCUT2D eigenvalue weighted by atomic mass is 16.5. The first kappa shape index (κ1) is 12.5. The number of aliphatic imine (C=N–C) groups is 1. The number of rotatable bonds is 4. The maximum Gasteiger partial charge on any atom is 0.186 e. The Labute approximate surface area is 94.1 Å². The van der Waals surface area contributed by atoms with Crippen molar-refractivity contribution in [2.75, 3.05) is 13.7 Å². The van der Waals surface area contributed by atoms with E-state index >= 15 is 0 Å². The Bertz CT molecular complexity index is 197. The smallest absolute Gasteiger partial charge is 0.186 e. The molecule has 0 aromatic carbocycles. The summed E-state index contributed by atoms with van der Waals surface area (Å²) in [6.45, 7) is 5.53. The third-order valence-electron chi connectivity index (χ3n) is 3.56. The van der Waals surface area contributed by atoms with E-state index in [1.165, 1.54) is 38.5 Å². The van der Waals surface area contributed by atoms with Crippen LogP contribution in [0.5, 0.6) is 0 Å². The van der Waals surface area contributed by atoms with Gasteiger partial charge in [0.05, 0.1) is 7.11 Å². The summed E-state index contributed by atoms with van der Waals surface area (Å²) in [5.74, 6) is 2.44. The normalized spacial score (nSPS) is 22.4.